The molecule has 0 aliphatic rings. The first-order chi connectivity index (χ1) is 8.70. The molecule has 18 heavy (non-hydrogen) atoms. The van der Waals surface area contributed by atoms with Crippen molar-refractivity contribution in [3.05, 3.63) is 71.0 Å². The Balaban J connectivity index is 2.20. The summed E-state index contributed by atoms with van der Waals surface area (Å²) in [5, 5.41) is 0. The van der Waals surface area contributed by atoms with Crippen LogP contribution in [0.1, 0.15) is 36.1 Å². The Morgan fingerprint density at radius 3 is 2.39 bits per heavy atom. The molecule has 0 amide bonds. The Hall–Kier alpha value is -1.67. The molecule has 2 heteroatoms. The monoisotopic (exact) mass is 243 g/mol. The second-order valence-corrected chi connectivity index (χ2v) is 4.52. The molecule has 0 heterocycles. The second kappa shape index (κ2) is 5.78. The highest BCUT2D eigenvalue weighted by atomic mass is 19.1. The van der Waals surface area contributed by atoms with Crippen LogP contribution < -0.4 is 5.73 Å². The Bertz CT molecular complexity index is 505. The van der Waals surface area contributed by atoms with E-state index in [1.807, 2.05) is 18.2 Å². The highest BCUT2D eigenvalue weighted by Crippen LogP contribution is 2.20. The standard InChI is InChI=1S/C16H18FN/c1-2-4-12-7-9-13(10-8-12)16(18)14-5-3-6-15(17)11-14/h3,5-11,16H,2,4,18H2,1H3. The minimum absolute atomic E-state index is 0.245. The van der Waals surface area contributed by atoms with Gasteiger partial charge in [0.25, 0.3) is 0 Å². The Labute approximate surface area is 107 Å². The van der Waals surface area contributed by atoms with Gasteiger partial charge < -0.3 is 5.73 Å². The third kappa shape index (κ3) is 2.96. The molecular weight excluding hydrogens is 225 g/mol. The Kier molecular flexibility index (Phi) is 4.11. The lowest BCUT2D eigenvalue weighted by molar-refractivity contribution is 0.623. The highest BCUT2D eigenvalue weighted by Gasteiger charge is 2.09. The molecule has 2 rings (SSSR count). The largest absolute Gasteiger partial charge is 0.320 e. The minimum Gasteiger partial charge on any atom is -0.320 e. The molecule has 0 aliphatic carbocycles. The summed E-state index contributed by atoms with van der Waals surface area (Å²) in [5.74, 6) is -0.245. The molecule has 0 saturated carbocycles. The number of halogens is 1. The minimum atomic E-state index is -0.267. The summed E-state index contributed by atoms with van der Waals surface area (Å²) < 4.78 is 13.2. The van der Waals surface area contributed by atoms with Gasteiger partial charge in [-0.25, -0.2) is 4.39 Å². The molecular formula is C16H18FN. The fraction of sp³-hybridized carbons (Fsp3) is 0.250. The van der Waals surface area contributed by atoms with Gasteiger partial charge >= 0.3 is 0 Å². The van der Waals surface area contributed by atoms with Crippen molar-refractivity contribution in [2.75, 3.05) is 0 Å². The molecule has 2 aromatic carbocycles. The third-order valence-electron chi connectivity index (χ3n) is 3.09. The fourth-order valence-corrected chi connectivity index (χ4v) is 2.07. The normalized spacial score (nSPS) is 12.4. The molecule has 1 nitrogen and oxygen atoms in total. The molecule has 1 unspecified atom stereocenters. The lowest BCUT2D eigenvalue weighted by Crippen LogP contribution is -2.11. The first kappa shape index (κ1) is 12.8. The SMILES string of the molecule is CCCc1ccc(C(N)c2cccc(F)c2)cc1. The van der Waals surface area contributed by atoms with E-state index in [0.29, 0.717) is 0 Å². The van der Waals surface area contributed by atoms with E-state index in [-0.39, 0.29) is 11.9 Å². The van der Waals surface area contributed by atoms with Gasteiger partial charge in [0.05, 0.1) is 6.04 Å². The van der Waals surface area contributed by atoms with Crippen LogP contribution in [0.25, 0.3) is 0 Å². The molecule has 0 fully saturated rings. The maximum Gasteiger partial charge on any atom is 0.123 e. The summed E-state index contributed by atoms with van der Waals surface area (Å²) in [7, 11) is 0. The average Bonchev–Trinajstić information content (AvgIpc) is 2.39. The lowest BCUT2D eigenvalue weighted by atomic mass is 9.98. The summed E-state index contributed by atoms with van der Waals surface area (Å²) in [6.45, 7) is 2.16. The van der Waals surface area contributed by atoms with Crippen molar-refractivity contribution in [2.45, 2.75) is 25.8 Å². The third-order valence-corrected chi connectivity index (χ3v) is 3.09. The summed E-state index contributed by atoms with van der Waals surface area (Å²) in [4.78, 5) is 0. The predicted molar refractivity (Wildman–Crippen MR) is 72.9 cm³/mol. The number of nitrogens with two attached hydrogens (primary N) is 1. The molecule has 0 saturated heterocycles. The highest BCUT2D eigenvalue weighted by molar-refractivity contribution is 5.33. The first-order valence-corrected chi connectivity index (χ1v) is 6.30. The summed E-state index contributed by atoms with van der Waals surface area (Å²) >= 11 is 0. The van der Waals surface area contributed by atoms with E-state index in [0.717, 1.165) is 24.0 Å². The van der Waals surface area contributed by atoms with Gasteiger partial charge in [0.15, 0.2) is 0 Å². The lowest BCUT2D eigenvalue weighted by Gasteiger charge is -2.13. The van der Waals surface area contributed by atoms with Crippen molar-refractivity contribution in [3.8, 4) is 0 Å². The van der Waals surface area contributed by atoms with Crippen molar-refractivity contribution in [3.63, 3.8) is 0 Å². The van der Waals surface area contributed by atoms with Crippen molar-refractivity contribution in [2.24, 2.45) is 5.73 Å². The van der Waals surface area contributed by atoms with Crippen LogP contribution in [0.15, 0.2) is 48.5 Å². The Morgan fingerprint density at radius 1 is 1.06 bits per heavy atom. The Morgan fingerprint density at radius 2 is 1.78 bits per heavy atom. The average molecular weight is 243 g/mol. The molecule has 1 atom stereocenters. The van der Waals surface area contributed by atoms with E-state index in [1.54, 1.807) is 6.07 Å². The van der Waals surface area contributed by atoms with E-state index in [4.69, 9.17) is 5.73 Å². The summed E-state index contributed by atoms with van der Waals surface area (Å²) in [6.07, 6.45) is 2.21. The maximum atomic E-state index is 13.2. The van der Waals surface area contributed by atoms with Crippen molar-refractivity contribution in [1.82, 2.24) is 0 Å². The van der Waals surface area contributed by atoms with E-state index in [9.17, 15) is 4.39 Å². The summed E-state index contributed by atoms with van der Waals surface area (Å²) in [5.41, 5.74) is 9.27. The predicted octanol–water partition coefficient (Wildman–Crippen LogP) is 3.83. The number of aryl methyl sites for hydroxylation is 1. The smallest absolute Gasteiger partial charge is 0.123 e. The van der Waals surface area contributed by atoms with Crippen LogP contribution in [0.5, 0.6) is 0 Å². The molecule has 0 aromatic heterocycles. The zero-order valence-corrected chi connectivity index (χ0v) is 10.6. The number of hydrogen-bond donors (Lipinski definition) is 1. The van der Waals surface area contributed by atoms with Gasteiger partial charge in [-0.1, -0.05) is 49.7 Å². The van der Waals surface area contributed by atoms with Gasteiger partial charge in [-0.15, -0.1) is 0 Å². The van der Waals surface area contributed by atoms with Crippen LogP contribution in [-0.4, -0.2) is 0 Å². The van der Waals surface area contributed by atoms with Gasteiger partial charge in [-0.2, -0.15) is 0 Å². The number of benzene rings is 2. The van der Waals surface area contributed by atoms with Gasteiger partial charge in [-0.3, -0.25) is 0 Å². The van der Waals surface area contributed by atoms with Crippen molar-refractivity contribution >= 4 is 0 Å². The van der Waals surface area contributed by atoms with Gasteiger partial charge in [0, 0.05) is 0 Å². The quantitative estimate of drug-likeness (QED) is 0.867. The topological polar surface area (TPSA) is 26.0 Å². The van der Waals surface area contributed by atoms with Gasteiger partial charge in [-0.05, 0) is 35.2 Å². The van der Waals surface area contributed by atoms with Crippen LogP contribution in [0.3, 0.4) is 0 Å². The molecule has 94 valence electrons. The van der Waals surface area contributed by atoms with Gasteiger partial charge in [0.1, 0.15) is 5.82 Å². The zero-order chi connectivity index (χ0) is 13.0. The summed E-state index contributed by atoms with van der Waals surface area (Å²) in [6, 6.07) is 14.4. The van der Waals surface area contributed by atoms with Crippen molar-refractivity contribution < 1.29 is 4.39 Å². The number of rotatable bonds is 4. The molecule has 2 N–H and O–H groups in total. The zero-order valence-electron chi connectivity index (χ0n) is 10.6. The molecule has 0 bridgehead atoms. The maximum absolute atomic E-state index is 13.2. The molecule has 0 aliphatic heterocycles. The van der Waals surface area contributed by atoms with Crippen LogP contribution in [0.4, 0.5) is 4.39 Å². The van der Waals surface area contributed by atoms with Crippen LogP contribution >= 0.6 is 0 Å². The van der Waals surface area contributed by atoms with Crippen LogP contribution in [-0.2, 0) is 6.42 Å². The number of hydrogen-bond acceptors (Lipinski definition) is 1. The van der Waals surface area contributed by atoms with E-state index in [1.165, 1.54) is 17.7 Å². The van der Waals surface area contributed by atoms with E-state index < -0.39 is 0 Å². The first-order valence-electron chi connectivity index (χ1n) is 6.30. The fourth-order valence-electron chi connectivity index (χ4n) is 2.07. The second-order valence-electron chi connectivity index (χ2n) is 4.52. The van der Waals surface area contributed by atoms with Crippen LogP contribution in [0.2, 0.25) is 0 Å². The molecule has 0 radical (unpaired) electrons. The molecule has 0 spiro atoms. The van der Waals surface area contributed by atoms with Gasteiger partial charge in [0.2, 0.25) is 0 Å². The molecule has 2 aromatic rings. The van der Waals surface area contributed by atoms with E-state index in [2.05, 4.69) is 19.1 Å². The van der Waals surface area contributed by atoms with Crippen molar-refractivity contribution in [1.29, 1.82) is 0 Å². The van der Waals surface area contributed by atoms with E-state index >= 15 is 0 Å². The van der Waals surface area contributed by atoms with Crippen LogP contribution in [0, 0.1) is 5.82 Å².